The molecule has 0 atom stereocenters. The second-order valence-corrected chi connectivity index (χ2v) is 6.31. The molecule has 0 amide bonds. The van der Waals surface area contributed by atoms with Gasteiger partial charge in [0.15, 0.2) is 17.1 Å². The van der Waals surface area contributed by atoms with E-state index in [1.807, 2.05) is 6.92 Å². The number of H-pyrrole nitrogens is 1. The van der Waals surface area contributed by atoms with Crippen LogP contribution in [-0.4, -0.2) is 33.3 Å². The van der Waals surface area contributed by atoms with Crippen LogP contribution in [0.15, 0.2) is 21.7 Å². The lowest BCUT2D eigenvalue weighted by Crippen LogP contribution is -2.39. The zero-order chi connectivity index (χ0) is 20.4. The molecule has 0 fully saturated rings. The minimum absolute atomic E-state index is 0.291. The van der Waals surface area contributed by atoms with E-state index in [0.717, 1.165) is 0 Å². The molecule has 9 heteroatoms. The Kier molecular flexibility index (Phi) is 5.60. The maximum absolute atomic E-state index is 12.5. The van der Waals surface area contributed by atoms with Gasteiger partial charge in [0.25, 0.3) is 5.56 Å². The highest BCUT2D eigenvalue weighted by molar-refractivity contribution is 6.34. The molecule has 0 aliphatic rings. The molecule has 0 saturated carbocycles. The Hall–Kier alpha value is -3.00. The summed E-state index contributed by atoms with van der Waals surface area (Å²) in [7, 11) is 3.05. The number of ether oxygens (including phenoxy) is 2. The Labute approximate surface area is 166 Å². The number of rotatable bonds is 6. The van der Waals surface area contributed by atoms with Crippen molar-refractivity contribution in [2.45, 2.75) is 26.9 Å². The second-order valence-electron chi connectivity index (χ2n) is 5.93. The van der Waals surface area contributed by atoms with Crippen LogP contribution >= 0.6 is 11.6 Å². The molecule has 2 aromatic heterocycles. The van der Waals surface area contributed by atoms with Crippen molar-refractivity contribution in [2.24, 2.45) is 0 Å². The van der Waals surface area contributed by atoms with E-state index in [9.17, 15) is 9.59 Å². The number of halogens is 1. The molecule has 0 aliphatic carbocycles. The molecule has 0 saturated heterocycles. The van der Waals surface area contributed by atoms with Gasteiger partial charge in [-0.05, 0) is 43.7 Å². The molecule has 0 spiro atoms. The van der Waals surface area contributed by atoms with Gasteiger partial charge in [0, 0.05) is 13.1 Å². The van der Waals surface area contributed by atoms with Gasteiger partial charge in [-0.25, -0.2) is 9.78 Å². The number of nitrogens with zero attached hydrogens (tertiary/aromatic N) is 3. The van der Waals surface area contributed by atoms with E-state index < -0.39 is 0 Å². The van der Waals surface area contributed by atoms with E-state index in [-0.39, 0.29) is 11.2 Å². The van der Waals surface area contributed by atoms with Gasteiger partial charge in [-0.1, -0.05) is 11.6 Å². The lowest BCUT2D eigenvalue weighted by atomic mass is 10.2. The summed E-state index contributed by atoms with van der Waals surface area (Å²) in [6.45, 7) is 4.29. The molecular formula is C19H21ClN4O4. The van der Waals surface area contributed by atoms with Crippen LogP contribution in [-0.2, 0) is 13.1 Å². The summed E-state index contributed by atoms with van der Waals surface area (Å²) in [6, 6.07) is 3.53. The Balaban J connectivity index is 2.10. The summed E-state index contributed by atoms with van der Waals surface area (Å²) in [5.74, 6) is 1.40. The summed E-state index contributed by atoms with van der Waals surface area (Å²) in [6.07, 6.45) is 3.43. The Bertz CT molecular complexity index is 1170. The Morgan fingerprint density at radius 1 is 1.11 bits per heavy atom. The van der Waals surface area contributed by atoms with Gasteiger partial charge in [-0.15, -0.1) is 0 Å². The number of hydrogen-bond donors (Lipinski definition) is 1. The van der Waals surface area contributed by atoms with Crippen molar-refractivity contribution in [1.29, 1.82) is 0 Å². The summed E-state index contributed by atoms with van der Waals surface area (Å²) in [5, 5.41) is 0.396. The normalized spacial score (nSPS) is 11.5. The number of aromatic amines is 1. The third-order valence-electron chi connectivity index (χ3n) is 4.45. The quantitative estimate of drug-likeness (QED) is 0.682. The number of methoxy groups -OCH3 is 2. The third-order valence-corrected chi connectivity index (χ3v) is 4.84. The first-order valence-corrected chi connectivity index (χ1v) is 9.16. The van der Waals surface area contributed by atoms with Gasteiger partial charge < -0.3 is 14.5 Å². The molecule has 1 aromatic carbocycles. The highest BCUT2D eigenvalue weighted by Gasteiger charge is 2.15. The minimum atomic E-state index is -0.386. The van der Waals surface area contributed by atoms with Crippen molar-refractivity contribution in [1.82, 2.24) is 19.1 Å². The van der Waals surface area contributed by atoms with E-state index in [4.69, 9.17) is 21.1 Å². The lowest BCUT2D eigenvalue weighted by molar-refractivity contribution is 0.355. The first kappa shape index (κ1) is 19.8. The van der Waals surface area contributed by atoms with Crippen LogP contribution < -0.4 is 20.7 Å². The summed E-state index contributed by atoms with van der Waals surface area (Å²) < 4.78 is 13.2. The molecule has 3 aromatic rings. The molecule has 0 unspecified atom stereocenters. The Morgan fingerprint density at radius 2 is 1.82 bits per heavy atom. The smallest absolute Gasteiger partial charge is 0.332 e. The van der Waals surface area contributed by atoms with E-state index in [2.05, 4.69) is 9.97 Å². The zero-order valence-electron chi connectivity index (χ0n) is 16.1. The Morgan fingerprint density at radius 3 is 2.43 bits per heavy atom. The molecule has 0 aliphatic heterocycles. The van der Waals surface area contributed by atoms with Crippen molar-refractivity contribution in [3.05, 3.63) is 49.4 Å². The highest BCUT2D eigenvalue weighted by atomic mass is 35.5. The van der Waals surface area contributed by atoms with Crippen LogP contribution in [0.5, 0.6) is 11.5 Å². The van der Waals surface area contributed by atoms with Crippen LogP contribution in [0.25, 0.3) is 23.3 Å². The third kappa shape index (κ3) is 3.20. The van der Waals surface area contributed by atoms with Crippen molar-refractivity contribution < 1.29 is 9.47 Å². The number of imidazole rings is 1. The first-order chi connectivity index (χ1) is 13.5. The molecule has 148 valence electrons. The zero-order valence-corrected chi connectivity index (χ0v) is 16.8. The fourth-order valence-corrected chi connectivity index (χ4v) is 3.33. The van der Waals surface area contributed by atoms with Crippen molar-refractivity contribution in [3.8, 4) is 11.5 Å². The average molecular weight is 405 g/mol. The fourth-order valence-electron chi connectivity index (χ4n) is 3.03. The van der Waals surface area contributed by atoms with Gasteiger partial charge >= 0.3 is 5.69 Å². The van der Waals surface area contributed by atoms with Crippen LogP contribution in [0.1, 0.15) is 25.2 Å². The predicted octanol–water partition coefficient (Wildman–Crippen LogP) is 2.77. The monoisotopic (exact) mass is 404 g/mol. The standard InChI is InChI=1S/C19H21ClN4O4/c1-5-23-17-15(18(25)24(6-2)19(23)26)21-13(22-17)10-8-11-7-9-12(27-3)16(28-4)14(11)20/h7-10H,5-6H2,1-4H3,(H,21,22). The van der Waals surface area contributed by atoms with Crippen molar-refractivity contribution >= 4 is 34.9 Å². The number of fused-ring (bicyclic) bond motifs is 1. The summed E-state index contributed by atoms with van der Waals surface area (Å²) >= 11 is 6.39. The average Bonchev–Trinajstić information content (AvgIpc) is 3.11. The van der Waals surface area contributed by atoms with E-state index in [1.54, 1.807) is 31.2 Å². The van der Waals surface area contributed by atoms with Crippen molar-refractivity contribution in [3.63, 3.8) is 0 Å². The highest BCUT2D eigenvalue weighted by Crippen LogP contribution is 2.37. The number of hydrogen-bond acceptors (Lipinski definition) is 5. The molecule has 2 heterocycles. The van der Waals surface area contributed by atoms with Crippen LogP contribution in [0, 0.1) is 0 Å². The second kappa shape index (κ2) is 7.93. The van der Waals surface area contributed by atoms with Gasteiger partial charge in [0.2, 0.25) is 0 Å². The minimum Gasteiger partial charge on any atom is -0.493 e. The molecule has 8 nitrogen and oxygen atoms in total. The maximum atomic E-state index is 12.5. The van der Waals surface area contributed by atoms with Gasteiger partial charge in [-0.2, -0.15) is 0 Å². The number of nitrogens with one attached hydrogen (secondary N) is 1. The van der Waals surface area contributed by atoms with Gasteiger partial charge in [0.1, 0.15) is 11.3 Å². The SMILES string of the molecule is CCn1c(=O)c2[nH]c(C=Cc3ccc(OC)c(OC)c3Cl)nc2n(CC)c1=O. The molecule has 3 rings (SSSR count). The number of aryl methyl sites for hydroxylation is 1. The summed E-state index contributed by atoms with van der Waals surface area (Å²) in [4.78, 5) is 32.4. The van der Waals surface area contributed by atoms with Crippen LogP contribution in [0.4, 0.5) is 0 Å². The number of benzene rings is 1. The molecule has 1 N–H and O–H groups in total. The van der Waals surface area contributed by atoms with Gasteiger partial charge in [-0.3, -0.25) is 13.9 Å². The maximum Gasteiger partial charge on any atom is 0.332 e. The summed E-state index contributed by atoms with van der Waals surface area (Å²) in [5.41, 5.74) is 0.566. The molecular weight excluding hydrogens is 384 g/mol. The molecule has 0 bridgehead atoms. The lowest BCUT2D eigenvalue weighted by Gasteiger charge is -2.10. The van der Waals surface area contributed by atoms with E-state index >= 15 is 0 Å². The molecule has 28 heavy (non-hydrogen) atoms. The van der Waals surface area contributed by atoms with E-state index in [1.165, 1.54) is 23.4 Å². The molecule has 0 radical (unpaired) electrons. The van der Waals surface area contributed by atoms with Crippen LogP contribution in [0.2, 0.25) is 5.02 Å². The van der Waals surface area contributed by atoms with E-state index in [0.29, 0.717) is 52.2 Å². The fraction of sp³-hybridized carbons (Fsp3) is 0.316. The predicted molar refractivity (Wildman–Crippen MR) is 109 cm³/mol. The largest absolute Gasteiger partial charge is 0.493 e. The topological polar surface area (TPSA) is 91.1 Å². The van der Waals surface area contributed by atoms with Gasteiger partial charge in [0.05, 0.1) is 19.2 Å². The van der Waals surface area contributed by atoms with Crippen LogP contribution in [0.3, 0.4) is 0 Å². The number of aromatic nitrogens is 4. The van der Waals surface area contributed by atoms with Crippen molar-refractivity contribution in [2.75, 3.05) is 14.2 Å². The first-order valence-electron chi connectivity index (χ1n) is 8.78.